The first-order valence-electron chi connectivity index (χ1n) is 7.22. The van der Waals surface area contributed by atoms with Gasteiger partial charge >= 0.3 is 5.97 Å². The van der Waals surface area contributed by atoms with Gasteiger partial charge in [-0.2, -0.15) is 4.31 Å². The smallest absolute Gasteiger partial charge is 0.321 e. The highest BCUT2D eigenvalue weighted by molar-refractivity contribution is 7.89. The van der Waals surface area contributed by atoms with Crippen molar-refractivity contribution in [2.75, 3.05) is 13.1 Å². The van der Waals surface area contributed by atoms with Crippen LogP contribution in [0.3, 0.4) is 0 Å². The Morgan fingerprint density at radius 1 is 1.40 bits per heavy atom. The summed E-state index contributed by atoms with van der Waals surface area (Å²) < 4.78 is 26.4. The first kappa shape index (κ1) is 20.5. The lowest BCUT2D eigenvalue weighted by Crippen LogP contribution is -2.46. The molecule has 0 aliphatic carbocycles. The Morgan fingerprint density at radius 2 is 2.00 bits per heavy atom. The maximum Gasteiger partial charge on any atom is 0.321 e. The minimum Gasteiger partial charge on any atom is -0.480 e. The van der Waals surface area contributed by atoms with Gasteiger partial charge in [-0.05, 0) is 25.5 Å². The summed E-state index contributed by atoms with van der Waals surface area (Å²) in [5.74, 6) is -1.74. The van der Waals surface area contributed by atoms with E-state index in [-0.39, 0.29) is 35.1 Å². The van der Waals surface area contributed by atoms with Crippen LogP contribution in [0.1, 0.15) is 19.4 Å². The highest BCUT2D eigenvalue weighted by Gasteiger charge is 2.34. The number of non-ortho nitro benzene ring substituents is 1. The van der Waals surface area contributed by atoms with Crippen molar-refractivity contribution >= 4 is 27.6 Å². The number of nitro groups is 1. The molecule has 1 aromatic carbocycles. The molecule has 1 unspecified atom stereocenters. The third kappa shape index (κ3) is 4.97. The predicted octanol–water partition coefficient (Wildman–Crippen LogP) is 0.503. The molecule has 0 aliphatic heterocycles. The topological polar surface area (TPSA) is 147 Å². The van der Waals surface area contributed by atoms with E-state index in [2.05, 4.69) is 5.32 Å². The zero-order valence-electron chi connectivity index (χ0n) is 13.9. The second-order valence-electron chi connectivity index (χ2n) is 5.32. The first-order valence-corrected chi connectivity index (χ1v) is 8.66. The van der Waals surface area contributed by atoms with E-state index < -0.39 is 27.0 Å². The van der Waals surface area contributed by atoms with Gasteiger partial charge in [0.2, 0.25) is 15.9 Å². The van der Waals surface area contributed by atoms with Gasteiger partial charge in [-0.25, -0.2) is 8.42 Å². The highest BCUT2D eigenvalue weighted by Crippen LogP contribution is 2.25. The van der Waals surface area contributed by atoms with Crippen molar-refractivity contribution in [3.63, 3.8) is 0 Å². The van der Waals surface area contributed by atoms with Crippen LogP contribution >= 0.6 is 0 Å². The van der Waals surface area contributed by atoms with Gasteiger partial charge in [0.15, 0.2) is 0 Å². The van der Waals surface area contributed by atoms with Crippen LogP contribution in [0.25, 0.3) is 0 Å². The van der Waals surface area contributed by atoms with E-state index in [0.29, 0.717) is 0 Å². The van der Waals surface area contributed by atoms with E-state index in [1.807, 2.05) is 0 Å². The van der Waals surface area contributed by atoms with Crippen molar-refractivity contribution in [3.8, 4) is 0 Å². The fourth-order valence-electron chi connectivity index (χ4n) is 2.15. The van der Waals surface area contributed by atoms with Crippen molar-refractivity contribution in [1.82, 2.24) is 9.62 Å². The molecular weight excluding hydrogens is 354 g/mol. The molecule has 10 nitrogen and oxygen atoms in total. The number of rotatable bonds is 8. The fraction of sp³-hybridized carbons (Fsp3) is 0.429. The molecule has 1 rings (SSSR count). The molecule has 2 N–H and O–H groups in total. The number of sulfonamides is 1. The average molecular weight is 373 g/mol. The molecule has 1 aromatic rings. The lowest BCUT2D eigenvalue weighted by atomic mass is 10.2. The molecule has 0 radical (unpaired) electrons. The summed E-state index contributed by atoms with van der Waals surface area (Å²) in [5.41, 5.74) is -0.149. The largest absolute Gasteiger partial charge is 0.480 e. The molecule has 0 aliphatic rings. The molecule has 0 heterocycles. The van der Waals surface area contributed by atoms with Crippen LogP contribution in [0, 0.1) is 17.0 Å². The van der Waals surface area contributed by atoms with Gasteiger partial charge in [0, 0.05) is 32.1 Å². The Bertz CT molecular complexity index is 792. The van der Waals surface area contributed by atoms with E-state index >= 15 is 0 Å². The molecule has 0 saturated carbocycles. The molecule has 0 saturated heterocycles. The van der Waals surface area contributed by atoms with Gasteiger partial charge in [-0.3, -0.25) is 19.7 Å². The summed E-state index contributed by atoms with van der Waals surface area (Å²) in [6.07, 6.45) is 0. The van der Waals surface area contributed by atoms with Crippen molar-refractivity contribution in [2.45, 2.75) is 31.7 Å². The number of amides is 1. The predicted molar refractivity (Wildman–Crippen MR) is 87.5 cm³/mol. The number of carbonyl (C=O) groups excluding carboxylic acids is 1. The highest BCUT2D eigenvalue weighted by atomic mass is 32.2. The van der Waals surface area contributed by atoms with E-state index in [1.165, 1.54) is 20.8 Å². The number of aliphatic carboxylic acids is 1. The van der Waals surface area contributed by atoms with Crippen molar-refractivity contribution < 1.29 is 28.0 Å². The normalized spacial score (nSPS) is 12.6. The lowest BCUT2D eigenvalue weighted by Gasteiger charge is -2.26. The number of nitro benzene ring substituents is 1. The number of benzene rings is 1. The van der Waals surface area contributed by atoms with Crippen LogP contribution in [0.15, 0.2) is 23.1 Å². The Kier molecular flexibility index (Phi) is 6.59. The SMILES string of the molecule is CC(=O)NCCN(C(C)C(=O)O)S(=O)(=O)c1ccc([N+](=O)[O-])cc1C. The summed E-state index contributed by atoms with van der Waals surface area (Å²) in [7, 11) is -4.24. The number of hydrogen-bond acceptors (Lipinski definition) is 6. The van der Waals surface area contributed by atoms with Gasteiger partial charge in [-0.1, -0.05) is 0 Å². The summed E-state index contributed by atoms with van der Waals surface area (Å²) in [4.78, 5) is 32.1. The number of hydrogen-bond donors (Lipinski definition) is 2. The standard InChI is InChI=1S/C14H19N3O7S/c1-9-8-12(17(21)22)4-5-13(9)25(23,24)16(10(2)14(19)20)7-6-15-11(3)18/h4-5,8,10H,6-7H2,1-3H3,(H,15,18)(H,19,20). The Labute approximate surface area is 144 Å². The molecule has 0 spiro atoms. The van der Waals surface area contributed by atoms with E-state index in [1.54, 1.807) is 0 Å². The van der Waals surface area contributed by atoms with Crippen molar-refractivity contribution in [2.24, 2.45) is 0 Å². The number of nitrogens with zero attached hydrogens (tertiary/aromatic N) is 2. The first-order chi connectivity index (χ1) is 11.5. The summed E-state index contributed by atoms with van der Waals surface area (Å²) in [5, 5.41) is 22.4. The van der Waals surface area contributed by atoms with Crippen LogP contribution < -0.4 is 5.32 Å². The quantitative estimate of drug-likeness (QED) is 0.498. The Balaban J connectivity index is 3.28. The Morgan fingerprint density at radius 3 is 2.44 bits per heavy atom. The van der Waals surface area contributed by atoms with Gasteiger partial charge in [0.05, 0.1) is 9.82 Å². The second-order valence-corrected chi connectivity index (χ2v) is 7.18. The maximum absolute atomic E-state index is 12.8. The van der Waals surface area contributed by atoms with E-state index in [4.69, 9.17) is 0 Å². The second kappa shape index (κ2) is 8.03. The molecule has 25 heavy (non-hydrogen) atoms. The third-order valence-corrected chi connectivity index (χ3v) is 5.58. The molecule has 138 valence electrons. The number of nitrogens with one attached hydrogen (secondary N) is 1. The molecule has 11 heteroatoms. The van der Waals surface area contributed by atoms with Crippen LogP contribution in [0.5, 0.6) is 0 Å². The zero-order valence-corrected chi connectivity index (χ0v) is 14.7. The van der Waals surface area contributed by atoms with Gasteiger partial charge in [0.1, 0.15) is 6.04 Å². The fourth-order valence-corrected chi connectivity index (χ4v) is 3.95. The monoisotopic (exact) mass is 373 g/mol. The summed E-state index contributed by atoms with van der Waals surface area (Å²) >= 11 is 0. The minimum atomic E-state index is -4.24. The number of carboxylic acids is 1. The molecule has 0 bridgehead atoms. The van der Waals surface area contributed by atoms with Crippen molar-refractivity contribution in [1.29, 1.82) is 0 Å². The molecule has 1 amide bonds. The number of carboxylic acid groups (broad SMARTS) is 1. The molecule has 1 atom stereocenters. The third-order valence-electron chi connectivity index (χ3n) is 3.45. The lowest BCUT2D eigenvalue weighted by molar-refractivity contribution is -0.385. The minimum absolute atomic E-state index is 0.0712. The van der Waals surface area contributed by atoms with E-state index in [0.717, 1.165) is 22.5 Å². The van der Waals surface area contributed by atoms with Crippen LogP contribution in [0.4, 0.5) is 5.69 Å². The summed E-state index contributed by atoms with van der Waals surface area (Å²) in [6, 6.07) is 1.83. The van der Waals surface area contributed by atoms with Crippen LogP contribution in [-0.4, -0.2) is 53.8 Å². The molecular formula is C14H19N3O7S. The number of aryl methyl sites for hydroxylation is 1. The van der Waals surface area contributed by atoms with Gasteiger partial charge in [-0.15, -0.1) is 0 Å². The molecule has 0 fully saturated rings. The summed E-state index contributed by atoms with van der Waals surface area (Å²) in [6.45, 7) is 3.51. The average Bonchev–Trinajstić information content (AvgIpc) is 2.49. The van der Waals surface area contributed by atoms with Crippen LogP contribution in [0.2, 0.25) is 0 Å². The van der Waals surface area contributed by atoms with Crippen LogP contribution in [-0.2, 0) is 19.6 Å². The number of carbonyl (C=O) groups is 2. The van der Waals surface area contributed by atoms with Gasteiger partial charge < -0.3 is 10.4 Å². The zero-order chi connectivity index (χ0) is 19.4. The Hall–Kier alpha value is -2.53. The van der Waals surface area contributed by atoms with E-state index in [9.17, 15) is 33.2 Å². The molecule has 0 aromatic heterocycles. The van der Waals surface area contributed by atoms with Gasteiger partial charge in [0.25, 0.3) is 5.69 Å². The maximum atomic E-state index is 12.8. The van der Waals surface area contributed by atoms with Crippen molar-refractivity contribution in [3.05, 3.63) is 33.9 Å².